The summed E-state index contributed by atoms with van der Waals surface area (Å²) in [5, 5.41) is 8.52. The predicted octanol–water partition coefficient (Wildman–Crippen LogP) is 1.94. The largest absolute Gasteiger partial charge is 0.385 e. The smallest absolute Gasteiger partial charge is 0.271 e. The van der Waals surface area contributed by atoms with Gasteiger partial charge in [0.05, 0.1) is 12.4 Å². The van der Waals surface area contributed by atoms with Crippen molar-refractivity contribution in [2.24, 2.45) is 0 Å². The van der Waals surface area contributed by atoms with Gasteiger partial charge in [-0.05, 0) is 24.6 Å². The highest BCUT2D eigenvalue weighted by atomic mass is 16.5. The molecule has 132 valence electrons. The zero-order valence-corrected chi connectivity index (χ0v) is 14.2. The summed E-state index contributed by atoms with van der Waals surface area (Å²) in [6, 6.07) is 7.21. The molecule has 8 nitrogen and oxygen atoms in total. The van der Waals surface area contributed by atoms with Crippen LogP contribution in [-0.4, -0.2) is 42.0 Å². The van der Waals surface area contributed by atoms with Crippen LogP contribution in [0.25, 0.3) is 0 Å². The summed E-state index contributed by atoms with van der Waals surface area (Å²) in [6.45, 7) is 2.56. The van der Waals surface area contributed by atoms with Gasteiger partial charge in [0.2, 0.25) is 5.91 Å². The SMILES string of the molecule is COCCCNC(=O)c1cnc(Nc2cccc(NC(C)=O)c2)cn1. The zero-order chi connectivity index (χ0) is 18.1. The van der Waals surface area contributed by atoms with Crippen molar-refractivity contribution in [3.63, 3.8) is 0 Å². The lowest BCUT2D eigenvalue weighted by Crippen LogP contribution is -2.26. The molecule has 0 aliphatic rings. The molecule has 2 amide bonds. The fourth-order valence-electron chi connectivity index (χ4n) is 2.04. The molecule has 1 aromatic heterocycles. The topological polar surface area (TPSA) is 105 Å². The Labute approximate surface area is 146 Å². The van der Waals surface area contributed by atoms with E-state index in [-0.39, 0.29) is 17.5 Å². The molecule has 25 heavy (non-hydrogen) atoms. The highest BCUT2D eigenvalue weighted by Crippen LogP contribution is 2.18. The lowest BCUT2D eigenvalue weighted by atomic mass is 10.2. The third-order valence-corrected chi connectivity index (χ3v) is 3.15. The molecular formula is C17H21N5O3. The molecule has 0 atom stereocenters. The van der Waals surface area contributed by atoms with E-state index in [1.165, 1.54) is 19.3 Å². The molecule has 0 aliphatic heterocycles. The minimum absolute atomic E-state index is 0.141. The van der Waals surface area contributed by atoms with Gasteiger partial charge in [-0.2, -0.15) is 0 Å². The number of nitrogens with one attached hydrogen (secondary N) is 3. The predicted molar refractivity (Wildman–Crippen MR) is 94.9 cm³/mol. The Morgan fingerprint density at radius 2 is 1.96 bits per heavy atom. The van der Waals surface area contributed by atoms with Crippen LogP contribution in [0.2, 0.25) is 0 Å². The number of ether oxygens (including phenoxy) is 1. The van der Waals surface area contributed by atoms with E-state index >= 15 is 0 Å². The number of methoxy groups -OCH3 is 1. The van der Waals surface area contributed by atoms with Crippen molar-refractivity contribution in [1.29, 1.82) is 0 Å². The van der Waals surface area contributed by atoms with Crippen molar-refractivity contribution in [2.45, 2.75) is 13.3 Å². The summed E-state index contributed by atoms with van der Waals surface area (Å²) in [5.41, 5.74) is 1.67. The highest BCUT2D eigenvalue weighted by Gasteiger charge is 2.07. The van der Waals surface area contributed by atoms with Gasteiger partial charge in [0.25, 0.3) is 5.91 Å². The van der Waals surface area contributed by atoms with E-state index in [4.69, 9.17) is 4.74 Å². The molecule has 0 aliphatic carbocycles. The second-order valence-corrected chi connectivity index (χ2v) is 5.28. The third-order valence-electron chi connectivity index (χ3n) is 3.15. The van der Waals surface area contributed by atoms with Crippen molar-refractivity contribution < 1.29 is 14.3 Å². The molecule has 2 rings (SSSR count). The molecule has 0 bridgehead atoms. The first kappa shape index (κ1) is 18.3. The van der Waals surface area contributed by atoms with Gasteiger partial charge in [0, 0.05) is 38.6 Å². The van der Waals surface area contributed by atoms with Crippen molar-refractivity contribution in [3.05, 3.63) is 42.4 Å². The number of hydrogen-bond acceptors (Lipinski definition) is 6. The molecule has 8 heteroatoms. The van der Waals surface area contributed by atoms with Gasteiger partial charge in [-0.1, -0.05) is 6.07 Å². The number of nitrogens with zero attached hydrogens (tertiary/aromatic N) is 2. The Balaban J connectivity index is 1.94. The monoisotopic (exact) mass is 343 g/mol. The number of aromatic nitrogens is 2. The molecule has 2 aromatic rings. The first-order chi connectivity index (χ1) is 12.1. The average molecular weight is 343 g/mol. The van der Waals surface area contributed by atoms with Crippen LogP contribution in [0.1, 0.15) is 23.8 Å². The lowest BCUT2D eigenvalue weighted by Gasteiger charge is -2.08. The summed E-state index contributed by atoms with van der Waals surface area (Å²) in [6.07, 6.45) is 3.63. The first-order valence-electron chi connectivity index (χ1n) is 7.82. The van der Waals surface area contributed by atoms with Crippen molar-refractivity contribution in [1.82, 2.24) is 15.3 Å². The Hall–Kier alpha value is -3.00. The molecule has 0 fully saturated rings. The summed E-state index contributed by atoms with van der Waals surface area (Å²) in [7, 11) is 1.62. The number of amides is 2. The number of benzene rings is 1. The highest BCUT2D eigenvalue weighted by molar-refractivity contribution is 5.92. The Bertz CT molecular complexity index is 718. The van der Waals surface area contributed by atoms with Crippen LogP contribution in [0.5, 0.6) is 0 Å². The Morgan fingerprint density at radius 3 is 2.64 bits per heavy atom. The molecule has 0 radical (unpaired) electrons. The van der Waals surface area contributed by atoms with Crippen molar-refractivity contribution >= 4 is 29.0 Å². The number of anilines is 3. The molecule has 0 unspecified atom stereocenters. The molecular weight excluding hydrogens is 322 g/mol. The maximum atomic E-state index is 11.9. The van der Waals surface area contributed by atoms with Gasteiger partial charge in [-0.15, -0.1) is 0 Å². The van der Waals surface area contributed by atoms with Crippen LogP contribution in [0.15, 0.2) is 36.7 Å². The van der Waals surface area contributed by atoms with Gasteiger partial charge in [-0.3, -0.25) is 9.59 Å². The number of carbonyl (C=O) groups excluding carboxylic acids is 2. The minimum atomic E-state index is -0.275. The van der Waals surface area contributed by atoms with Crippen LogP contribution in [0.3, 0.4) is 0 Å². The van der Waals surface area contributed by atoms with Crippen LogP contribution >= 0.6 is 0 Å². The second-order valence-electron chi connectivity index (χ2n) is 5.28. The van der Waals surface area contributed by atoms with E-state index in [0.29, 0.717) is 24.7 Å². The maximum Gasteiger partial charge on any atom is 0.271 e. The van der Waals surface area contributed by atoms with E-state index in [9.17, 15) is 9.59 Å². The van der Waals surface area contributed by atoms with Crippen LogP contribution in [0.4, 0.5) is 17.2 Å². The number of rotatable bonds is 8. The lowest BCUT2D eigenvalue weighted by molar-refractivity contribution is -0.114. The molecule has 0 saturated heterocycles. The van der Waals surface area contributed by atoms with Crippen LogP contribution < -0.4 is 16.0 Å². The summed E-state index contributed by atoms with van der Waals surface area (Å²) >= 11 is 0. The molecule has 1 heterocycles. The Kier molecular flexibility index (Phi) is 6.85. The van der Waals surface area contributed by atoms with Gasteiger partial charge in [-0.25, -0.2) is 9.97 Å². The number of carbonyl (C=O) groups is 2. The van der Waals surface area contributed by atoms with Crippen molar-refractivity contribution in [2.75, 3.05) is 30.9 Å². The van der Waals surface area contributed by atoms with E-state index in [2.05, 4.69) is 25.9 Å². The van der Waals surface area contributed by atoms with Crippen molar-refractivity contribution in [3.8, 4) is 0 Å². The van der Waals surface area contributed by atoms with E-state index in [1.54, 1.807) is 19.2 Å². The van der Waals surface area contributed by atoms with E-state index in [1.807, 2.05) is 12.1 Å². The summed E-state index contributed by atoms with van der Waals surface area (Å²) in [5.74, 6) is 0.0801. The van der Waals surface area contributed by atoms with E-state index < -0.39 is 0 Å². The molecule has 1 aromatic carbocycles. The fourth-order valence-corrected chi connectivity index (χ4v) is 2.04. The Morgan fingerprint density at radius 1 is 1.16 bits per heavy atom. The fraction of sp³-hybridized carbons (Fsp3) is 0.294. The summed E-state index contributed by atoms with van der Waals surface area (Å²) < 4.78 is 4.92. The standard InChI is InChI=1S/C17H21N5O3/c1-12(23)21-13-5-3-6-14(9-13)22-16-11-19-15(10-20-16)17(24)18-7-4-8-25-2/h3,5-6,9-11H,4,7-8H2,1-2H3,(H,18,24)(H,20,22)(H,21,23). The van der Waals surface area contributed by atoms with Crippen LogP contribution in [0, 0.1) is 0 Å². The van der Waals surface area contributed by atoms with Gasteiger partial charge < -0.3 is 20.7 Å². The van der Waals surface area contributed by atoms with Gasteiger partial charge in [0.1, 0.15) is 11.5 Å². The van der Waals surface area contributed by atoms with Crippen LogP contribution in [-0.2, 0) is 9.53 Å². The second kappa shape index (κ2) is 9.33. The van der Waals surface area contributed by atoms with Gasteiger partial charge >= 0.3 is 0 Å². The molecule has 0 saturated carbocycles. The molecule has 3 N–H and O–H groups in total. The van der Waals surface area contributed by atoms with E-state index in [0.717, 1.165) is 12.1 Å². The zero-order valence-electron chi connectivity index (χ0n) is 14.2. The molecule has 0 spiro atoms. The van der Waals surface area contributed by atoms with Gasteiger partial charge in [0.15, 0.2) is 0 Å². The first-order valence-corrected chi connectivity index (χ1v) is 7.82. The third kappa shape index (κ3) is 6.19. The maximum absolute atomic E-state index is 11.9. The minimum Gasteiger partial charge on any atom is -0.385 e. The number of hydrogen-bond donors (Lipinski definition) is 3. The normalized spacial score (nSPS) is 10.2. The average Bonchev–Trinajstić information content (AvgIpc) is 2.59. The quantitative estimate of drug-likeness (QED) is 0.633. The summed E-state index contributed by atoms with van der Waals surface area (Å²) in [4.78, 5) is 31.3.